The fraction of sp³-hybridized carbons (Fsp3) is 0.667. The molecule has 10 heteroatoms. The van der Waals surface area contributed by atoms with Crippen LogP contribution in [0.15, 0.2) is 24.3 Å². The molecule has 0 bridgehead atoms. The summed E-state index contributed by atoms with van der Waals surface area (Å²) in [6, 6.07) is 4.64. The van der Waals surface area contributed by atoms with Crippen LogP contribution in [0.2, 0.25) is 0 Å². The van der Waals surface area contributed by atoms with Crippen LogP contribution in [0.1, 0.15) is 70.8 Å². The van der Waals surface area contributed by atoms with Crippen molar-refractivity contribution >= 4 is 23.5 Å². The molecule has 40 heavy (non-hydrogen) atoms. The molecule has 4 rings (SSSR count). The number of carbonyl (C=O) groups excluding carboxylic acids is 4. The van der Waals surface area contributed by atoms with E-state index in [1.807, 2.05) is 12.1 Å². The third kappa shape index (κ3) is 7.81. The van der Waals surface area contributed by atoms with Gasteiger partial charge in [0.05, 0.1) is 25.9 Å². The first kappa shape index (κ1) is 30.0. The molecule has 4 N–H and O–H groups in total. The standard InChI is InChI=1S/C30H43N3O7/c1-18(31-28(37)21-10-11-22(34)16-21)27(36)33-25(15-20-8-12-23(39-3)13-9-20)29(38)32-24(14-19-6-4-5-7-19)26(35)30(2)17-40-30/h8-9,12-13,18-19,21-22,24-25,34H,4-7,10-11,14-17H2,1-3H3,(H,31,37)(H,32,38)(H,33,36)/t18-,21-,22-,24+,25+,30-/m1/s1. The van der Waals surface area contributed by atoms with Crippen LogP contribution in [-0.2, 0) is 30.3 Å². The van der Waals surface area contributed by atoms with Crippen molar-refractivity contribution in [2.75, 3.05) is 13.7 Å². The number of amides is 3. The summed E-state index contributed by atoms with van der Waals surface area (Å²) in [6.45, 7) is 3.65. The number of ether oxygens (including phenoxy) is 2. The molecule has 1 aromatic rings. The van der Waals surface area contributed by atoms with E-state index in [4.69, 9.17) is 9.47 Å². The second kappa shape index (κ2) is 13.1. The van der Waals surface area contributed by atoms with Crippen molar-refractivity contribution < 1.29 is 33.8 Å². The van der Waals surface area contributed by atoms with Gasteiger partial charge in [0.2, 0.25) is 17.7 Å². The van der Waals surface area contributed by atoms with Crippen molar-refractivity contribution in [2.45, 2.75) is 101 Å². The van der Waals surface area contributed by atoms with Crippen LogP contribution < -0.4 is 20.7 Å². The van der Waals surface area contributed by atoms with Crippen LogP contribution in [0.25, 0.3) is 0 Å². The van der Waals surface area contributed by atoms with Crippen LogP contribution in [-0.4, -0.2) is 72.2 Å². The predicted octanol–water partition coefficient (Wildman–Crippen LogP) is 1.81. The van der Waals surface area contributed by atoms with Gasteiger partial charge < -0.3 is 30.5 Å². The number of aliphatic hydroxyl groups is 1. The Morgan fingerprint density at radius 3 is 2.23 bits per heavy atom. The van der Waals surface area contributed by atoms with Crippen molar-refractivity contribution in [1.82, 2.24) is 16.0 Å². The van der Waals surface area contributed by atoms with Crippen molar-refractivity contribution in [3.05, 3.63) is 29.8 Å². The maximum atomic E-state index is 13.7. The van der Waals surface area contributed by atoms with Gasteiger partial charge in [-0.05, 0) is 63.1 Å². The highest BCUT2D eigenvalue weighted by Gasteiger charge is 2.50. The van der Waals surface area contributed by atoms with Gasteiger partial charge in [0.1, 0.15) is 23.4 Å². The summed E-state index contributed by atoms with van der Waals surface area (Å²) < 4.78 is 10.6. The summed E-state index contributed by atoms with van der Waals surface area (Å²) in [4.78, 5) is 52.8. The van der Waals surface area contributed by atoms with Gasteiger partial charge in [-0.2, -0.15) is 0 Å². The van der Waals surface area contributed by atoms with Crippen molar-refractivity contribution in [1.29, 1.82) is 0 Å². The second-order valence-electron chi connectivity index (χ2n) is 11.8. The molecule has 10 nitrogen and oxygen atoms in total. The molecule has 1 heterocycles. The van der Waals surface area contributed by atoms with Crippen LogP contribution in [0.3, 0.4) is 0 Å². The average molecular weight is 558 g/mol. The number of ketones is 1. The molecule has 3 amide bonds. The van der Waals surface area contributed by atoms with Gasteiger partial charge in [-0.3, -0.25) is 19.2 Å². The summed E-state index contributed by atoms with van der Waals surface area (Å²) in [5.74, 6) is -0.689. The number of aliphatic hydroxyl groups excluding tert-OH is 1. The minimum Gasteiger partial charge on any atom is -0.497 e. The third-order valence-electron chi connectivity index (χ3n) is 8.53. The van der Waals surface area contributed by atoms with E-state index in [2.05, 4.69) is 16.0 Å². The highest BCUT2D eigenvalue weighted by Crippen LogP contribution is 2.33. The SMILES string of the molecule is COc1ccc(C[C@H](NC(=O)[C@@H](C)NC(=O)[C@@H]2CC[C@@H](O)C2)C(=O)N[C@@H](CC2CCCC2)C(=O)[C@@]2(C)CO2)cc1. The Bertz CT molecular complexity index is 1070. The lowest BCUT2D eigenvalue weighted by atomic mass is 9.90. The highest BCUT2D eigenvalue weighted by molar-refractivity contribution is 5.98. The van der Waals surface area contributed by atoms with E-state index >= 15 is 0 Å². The van der Waals surface area contributed by atoms with Gasteiger partial charge in [0.25, 0.3) is 0 Å². The Morgan fingerprint density at radius 2 is 1.65 bits per heavy atom. The van der Waals surface area contributed by atoms with Gasteiger partial charge in [0, 0.05) is 12.3 Å². The molecular weight excluding hydrogens is 514 g/mol. The number of rotatable bonds is 13. The van der Waals surface area contributed by atoms with Gasteiger partial charge in [-0.15, -0.1) is 0 Å². The van der Waals surface area contributed by atoms with Crippen LogP contribution in [0.4, 0.5) is 0 Å². The molecule has 220 valence electrons. The Labute approximate surface area is 235 Å². The van der Waals surface area contributed by atoms with Gasteiger partial charge in [0.15, 0.2) is 5.78 Å². The Balaban J connectivity index is 1.46. The predicted molar refractivity (Wildman–Crippen MR) is 147 cm³/mol. The maximum Gasteiger partial charge on any atom is 0.243 e. The largest absolute Gasteiger partial charge is 0.497 e. The fourth-order valence-corrected chi connectivity index (χ4v) is 5.80. The van der Waals surface area contributed by atoms with Crippen molar-refractivity contribution in [3.8, 4) is 5.75 Å². The van der Waals surface area contributed by atoms with Crippen molar-refractivity contribution in [3.63, 3.8) is 0 Å². The maximum absolute atomic E-state index is 13.7. The van der Waals surface area contributed by atoms with E-state index in [0.717, 1.165) is 31.2 Å². The molecule has 1 aliphatic heterocycles. The highest BCUT2D eigenvalue weighted by atomic mass is 16.6. The summed E-state index contributed by atoms with van der Waals surface area (Å²) in [5, 5.41) is 18.2. The van der Waals surface area contributed by atoms with E-state index in [1.54, 1.807) is 33.1 Å². The molecule has 0 spiro atoms. The number of hydrogen-bond acceptors (Lipinski definition) is 7. The zero-order chi connectivity index (χ0) is 28.9. The van der Waals surface area contributed by atoms with E-state index in [9.17, 15) is 24.3 Å². The molecule has 0 radical (unpaired) electrons. The quantitative estimate of drug-likeness (QED) is 0.271. The fourth-order valence-electron chi connectivity index (χ4n) is 5.80. The topological polar surface area (TPSA) is 146 Å². The van der Waals surface area contributed by atoms with E-state index in [1.165, 1.54) is 0 Å². The summed E-state index contributed by atoms with van der Waals surface area (Å²) in [6.07, 6.45) is 6.04. The lowest BCUT2D eigenvalue weighted by Gasteiger charge is -2.27. The summed E-state index contributed by atoms with van der Waals surface area (Å²) in [7, 11) is 1.57. The van der Waals surface area contributed by atoms with Crippen LogP contribution in [0.5, 0.6) is 5.75 Å². The molecular formula is C30H43N3O7. The Hall–Kier alpha value is -2.98. The number of nitrogens with one attached hydrogen (secondary N) is 3. The van der Waals surface area contributed by atoms with E-state index < -0.39 is 41.6 Å². The lowest BCUT2D eigenvalue weighted by Crippen LogP contribution is -2.57. The molecule has 0 aromatic heterocycles. The van der Waals surface area contributed by atoms with Gasteiger partial charge >= 0.3 is 0 Å². The number of methoxy groups -OCH3 is 1. The monoisotopic (exact) mass is 557 g/mol. The number of hydrogen-bond donors (Lipinski definition) is 4. The number of carbonyl (C=O) groups is 4. The van der Waals surface area contributed by atoms with Gasteiger partial charge in [-0.1, -0.05) is 37.8 Å². The van der Waals surface area contributed by atoms with Crippen molar-refractivity contribution in [2.24, 2.45) is 11.8 Å². The molecule has 0 unspecified atom stereocenters. The second-order valence-corrected chi connectivity index (χ2v) is 11.8. The molecule has 2 aliphatic carbocycles. The minimum atomic E-state index is -0.972. The molecule has 1 saturated heterocycles. The number of Topliss-reactive ketones (excluding diaryl/α,β-unsaturated/α-hetero) is 1. The zero-order valence-electron chi connectivity index (χ0n) is 23.7. The molecule has 3 aliphatic rings. The van der Waals surface area contributed by atoms with Crippen LogP contribution in [0, 0.1) is 11.8 Å². The molecule has 6 atom stereocenters. The Kier molecular flexibility index (Phi) is 9.84. The first-order chi connectivity index (χ1) is 19.1. The zero-order valence-corrected chi connectivity index (χ0v) is 23.7. The lowest BCUT2D eigenvalue weighted by molar-refractivity contribution is -0.134. The molecule has 1 aromatic carbocycles. The van der Waals surface area contributed by atoms with Crippen LogP contribution >= 0.6 is 0 Å². The number of benzene rings is 1. The van der Waals surface area contributed by atoms with E-state index in [-0.39, 0.29) is 24.0 Å². The summed E-state index contributed by atoms with van der Waals surface area (Å²) >= 11 is 0. The first-order valence-electron chi connectivity index (χ1n) is 14.5. The smallest absolute Gasteiger partial charge is 0.243 e. The van der Waals surface area contributed by atoms with Gasteiger partial charge in [-0.25, -0.2) is 0 Å². The minimum absolute atomic E-state index is 0.137. The first-order valence-corrected chi connectivity index (χ1v) is 14.5. The van der Waals surface area contributed by atoms with E-state index in [0.29, 0.717) is 44.0 Å². The molecule has 3 fully saturated rings. The summed E-state index contributed by atoms with van der Waals surface area (Å²) in [5.41, 5.74) is -0.0771. The molecule has 2 saturated carbocycles. The Morgan fingerprint density at radius 1 is 1.00 bits per heavy atom. The third-order valence-corrected chi connectivity index (χ3v) is 8.53. The number of epoxide rings is 1. The average Bonchev–Trinajstić information content (AvgIpc) is 3.28. The normalized spacial score (nSPS) is 26.4.